The van der Waals surface area contributed by atoms with Gasteiger partial charge in [0.2, 0.25) is 0 Å². The lowest BCUT2D eigenvalue weighted by Crippen LogP contribution is -2.21. The summed E-state index contributed by atoms with van der Waals surface area (Å²) in [5, 5.41) is 12.6. The molecule has 18 heavy (non-hydrogen) atoms. The fourth-order valence-corrected chi connectivity index (χ4v) is 2.62. The maximum absolute atomic E-state index is 10.6. The van der Waals surface area contributed by atoms with Gasteiger partial charge in [-0.15, -0.1) is 0 Å². The summed E-state index contributed by atoms with van der Waals surface area (Å²) in [6, 6.07) is 8.37. The van der Waals surface area contributed by atoms with Crippen LogP contribution < -0.4 is 4.40 Å². The van der Waals surface area contributed by atoms with E-state index in [1.807, 2.05) is 22.0 Å². The van der Waals surface area contributed by atoms with Crippen LogP contribution in [-0.4, -0.2) is 9.91 Å². The molecule has 2 heterocycles. The van der Waals surface area contributed by atoms with Gasteiger partial charge < -0.3 is 0 Å². The lowest BCUT2D eigenvalue weighted by atomic mass is 10.1. The predicted molar refractivity (Wildman–Crippen MR) is 67.4 cm³/mol. The fraction of sp³-hybridized carbons (Fsp3) is 0. The van der Waals surface area contributed by atoms with Crippen molar-refractivity contribution >= 4 is 22.0 Å². The third-order valence-corrected chi connectivity index (χ3v) is 3.48. The molecule has 0 spiro atoms. The number of hydrogen-bond acceptors (Lipinski definition) is 4. The number of fused-ring (bicyclic) bond motifs is 1. The predicted octanol–water partition coefficient (Wildman–Crippen LogP) is 2.46. The molecule has 3 aromatic rings. The van der Waals surface area contributed by atoms with E-state index in [-0.39, 0.29) is 5.69 Å². The Hall–Kier alpha value is -2.34. The minimum absolute atomic E-state index is 0.0985. The van der Waals surface area contributed by atoms with Gasteiger partial charge in [-0.25, -0.2) is 0 Å². The first-order chi connectivity index (χ1) is 8.75. The summed E-state index contributed by atoms with van der Waals surface area (Å²) in [5.41, 5.74) is 2.02. The molecule has 0 saturated carbocycles. The van der Waals surface area contributed by atoms with Crippen LogP contribution in [0.25, 0.3) is 16.2 Å². The first-order valence-electron chi connectivity index (χ1n) is 5.24. The topological polar surface area (TPSA) is 60.1 Å². The van der Waals surface area contributed by atoms with Crippen molar-refractivity contribution in [2.24, 2.45) is 0 Å². The van der Waals surface area contributed by atoms with Gasteiger partial charge in [-0.05, 0) is 17.1 Å². The molecule has 0 bridgehead atoms. The number of hydrogen-bond donors (Lipinski definition) is 0. The van der Waals surface area contributed by atoms with Gasteiger partial charge in [-0.2, -0.15) is 4.40 Å². The lowest BCUT2D eigenvalue weighted by Gasteiger charge is -1.96. The summed E-state index contributed by atoms with van der Waals surface area (Å²) in [6.07, 6.45) is 3.67. The molecule has 0 aliphatic rings. The molecule has 0 N–H and O–H groups in total. The van der Waals surface area contributed by atoms with Crippen molar-refractivity contribution in [3.8, 4) is 11.3 Å². The second-order valence-corrected chi connectivity index (χ2v) is 4.53. The monoisotopic (exact) mass is 258 g/mol. The second-order valence-electron chi connectivity index (χ2n) is 3.70. The van der Waals surface area contributed by atoms with Crippen LogP contribution in [0.2, 0.25) is 0 Å². The minimum atomic E-state index is -0.399. The molecule has 0 radical (unpaired) electrons. The number of thiazole rings is 1. The van der Waals surface area contributed by atoms with Gasteiger partial charge in [0, 0.05) is 29.1 Å². The first-order valence-corrected chi connectivity index (χ1v) is 6.12. The highest BCUT2D eigenvalue weighted by molar-refractivity contribution is 7.14. The van der Waals surface area contributed by atoms with Crippen molar-refractivity contribution in [1.29, 1.82) is 0 Å². The highest BCUT2D eigenvalue weighted by Crippen LogP contribution is 2.22. The van der Waals surface area contributed by atoms with Crippen LogP contribution >= 0.6 is 11.3 Å². The highest BCUT2D eigenvalue weighted by atomic mass is 32.1. The van der Waals surface area contributed by atoms with Crippen molar-refractivity contribution in [2.75, 3.05) is 0 Å². The Kier molecular flexibility index (Phi) is 2.49. The molecule has 3 rings (SSSR count). The van der Waals surface area contributed by atoms with E-state index in [4.69, 9.17) is 0 Å². The summed E-state index contributed by atoms with van der Waals surface area (Å²) in [7, 11) is 0. The van der Waals surface area contributed by atoms with E-state index in [9.17, 15) is 10.1 Å². The van der Waals surface area contributed by atoms with Crippen LogP contribution in [0.5, 0.6) is 0 Å². The van der Waals surface area contributed by atoms with Crippen molar-refractivity contribution in [3.63, 3.8) is 0 Å². The van der Waals surface area contributed by atoms with Gasteiger partial charge >= 0.3 is 4.96 Å². The number of nitro benzene ring substituents is 1. The second kappa shape index (κ2) is 4.15. The molecule has 2 aromatic heterocycles. The van der Waals surface area contributed by atoms with Crippen molar-refractivity contribution in [1.82, 2.24) is 4.98 Å². The van der Waals surface area contributed by atoms with E-state index in [0.29, 0.717) is 0 Å². The zero-order valence-corrected chi connectivity index (χ0v) is 10.0. The molecule has 88 valence electrons. The van der Waals surface area contributed by atoms with Gasteiger partial charge in [-0.3, -0.25) is 10.1 Å². The Bertz CT molecular complexity index is 722. The Morgan fingerprint density at radius 2 is 2.06 bits per heavy atom. The van der Waals surface area contributed by atoms with Gasteiger partial charge in [0.15, 0.2) is 5.69 Å². The summed E-state index contributed by atoms with van der Waals surface area (Å²) >= 11 is 1.54. The summed E-state index contributed by atoms with van der Waals surface area (Å²) < 4.78 is 1.96. The van der Waals surface area contributed by atoms with Crippen LogP contribution in [0.15, 0.2) is 48.1 Å². The molecule has 0 fully saturated rings. The Morgan fingerprint density at radius 3 is 2.78 bits per heavy atom. The Labute approximate surface area is 106 Å². The number of aromatic nitrogens is 2. The largest absolute Gasteiger partial charge is 0.387 e. The molecular weight excluding hydrogens is 250 g/mol. The first kappa shape index (κ1) is 10.8. The van der Waals surface area contributed by atoms with E-state index in [2.05, 4.69) is 4.98 Å². The van der Waals surface area contributed by atoms with Crippen molar-refractivity contribution < 1.29 is 9.32 Å². The standard InChI is InChI=1S/C12H8N3O2S/c16-15(17)10-4-2-9(3-5-10)11-8-18-12-13-6-1-7-14(11)12/h1-8H/q+1. The minimum Gasteiger partial charge on any atom is -0.258 e. The lowest BCUT2D eigenvalue weighted by molar-refractivity contribution is -0.497. The van der Waals surface area contributed by atoms with E-state index < -0.39 is 4.92 Å². The van der Waals surface area contributed by atoms with Crippen molar-refractivity contribution in [2.45, 2.75) is 0 Å². The number of rotatable bonds is 2. The normalized spacial score (nSPS) is 10.7. The average molecular weight is 258 g/mol. The smallest absolute Gasteiger partial charge is 0.258 e. The van der Waals surface area contributed by atoms with Gasteiger partial charge in [-0.1, -0.05) is 11.3 Å². The molecule has 0 aliphatic heterocycles. The fourth-order valence-electron chi connectivity index (χ4n) is 1.75. The van der Waals surface area contributed by atoms with Gasteiger partial charge in [0.05, 0.1) is 4.92 Å². The summed E-state index contributed by atoms with van der Waals surface area (Å²) in [6.45, 7) is 0. The van der Waals surface area contributed by atoms with E-state index in [1.165, 1.54) is 23.5 Å². The van der Waals surface area contributed by atoms with Gasteiger partial charge in [0.1, 0.15) is 12.4 Å². The molecular formula is C12H8N3O2S+. The molecule has 0 saturated heterocycles. The highest BCUT2D eigenvalue weighted by Gasteiger charge is 2.14. The zero-order valence-electron chi connectivity index (χ0n) is 9.19. The van der Waals surface area contributed by atoms with Crippen LogP contribution in [0.3, 0.4) is 0 Å². The number of benzene rings is 1. The molecule has 0 aliphatic carbocycles. The third kappa shape index (κ3) is 1.72. The SMILES string of the molecule is O=[N+]([O-])c1ccc(-c2csc3nccc[n+]23)cc1. The maximum atomic E-state index is 10.6. The molecule has 0 amide bonds. The summed E-state index contributed by atoms with van der Waals surface area (Å²) in [5.74, 6) is 0. The molecule has 0 atom stereocenters. The zero-order chi connectivity index (χ0) is 12.5. The van der Waals surface area contributed by atoms with E-state index in [1.54, 1.807) is 18.3 Å². The van der Waals surface area contributed by atoms with E-state index >= 15 is 0 Å². The molecule has 1 aromatic carbocycles. The van der Waals surface area contributed by atoms with Gasteiger partial charge in [0.25, 0.3) is 5.69 Å². The van der Waals surface area contributed by atoms with Crippen LogP contribution in [0.1, 0.15) is 0 Å². The summed E-state index contributed by atoms with van der Waals surface area (Å²) in [4.78, 5) is 15.3. The van der Waals surface area contributed by atoms with Crippen molar-refractivity contribution in [3.05, 3.63) is 58.2 Å². The molecule has 0 unspecified atom stereocenters. The molecule has 5 nitrogen and oxygen atoms in total. The molecule has 6 heteroatoms. The van der Waals surface area contributed by atoms with Crippen LogP contribution in [0.4, 0.5) is 5.69 Å². The van der Waals surface area contributed by atoms with Crippen LogP contribution in [0, 0.1) is 10.1 Å². The van der Waals surface area contributed by atoms with Crippen LogP contribution in [-0.2, 0) is 0 Å². The van der Waals surface area contributed by atoms with E-state index in [0.717, 1.165) is 16.2 Å². The number of nitro groups is 1. The third-order valence-electron chi connectivity index (χ3n) is 2.62. The maximum Gasteiger partial charge on any atom is 0.387 e. The number of nitrogens with zero attached hydrogens (tertiary/aromatic N) is 3. The average Bonchev–Trinajstić information content (AvgIpc) is 2.82. The number of non-ortho nitro benzene ring substituents is 1. The Morgan fingerprint density at radius 1 is 1.28 bits per heavy atom. The quantitative estimate of drug-likeness (QED) is 0.403. The Balaban J connectivity index is 2.12.